The molecule has 0 radical (unpaired) electrons. The highest BCUT2D eigenvalue weighted by atomic mass is 35.5. The van der Waals surface area contributed by atoms with Crippen LogP contribution in [0.1, 0.15) is 31.9 Å². The SMILES string of the molecule is COc1cc(/C=c2\s/c(=C\C(=O)C(C)(C)C)[nH]c2=O)ccc1OCc1ccccc1Cl. The maximum Gasteiger partial charge on any atom is 0.266 e. The fraction of sp³-hybridized carbons (Fsp3) is 0.250. The summed E-state index contributed by atoms with van der Waals surface area (Å²) >= 11 is 7.42. The summed E-state index contributed by atoms with van der Waals surface area (Å²) in [5.74, 6) is 1.08. The molecule has 3 rings (SSSR count). The Labute approximate surface area is 189 Å². The van der Waals surface area contributed by atoms with Crippen molar-refractivity contribution in [1.29, 1.82) is 0 Å². The van der Waals surface area contributed by atoms with Crippen LogP contribution >= 0.6 is 22.9 Å². The highest BCUT2D eigenvalue weighted by Gasteiger charge is 2.18. The van der Waals surface area contributed by atoms with Gasteiger partial charge in [-0.15, -0.1) is 11.3 Å². The lowest BCUT2D eigenvalue weighted by molar-refractivity contribution is -0.119. The van der Waals surface area contributed by atoms with Crippen LogP contribution in [0.2, 0.25) is 5.02 Å². The minimum absolute atomic E-state index is 0.0433. The molecule has 162 valence electrons. The number of hydrogen-bond donors (Lipinski definition) is 1. The molecule has 0 saturated carbocycles. The molecule has 0 aliphatic heterocycles. The van der Waals surface area contributed by atoms with Crippen LogP contribution in [0.15, 0.2) is 47.3 Å². The molecule has 0 aliphatic carbocycles. The number of rotatable bonds is 6. The van der Waals surface area contributed by atoms with Gasteiger partial charge in [-0.05, 0) is 29.8 Å². The quantitative estimate of drug-likeness (QED) is 0.609. The predicted octanol–water partition coefficient (Wildman–Crippen LogP) is 3.90. The molecule has 0 spiro atoms. The maximum atomic E-state index is 12.3. The molecular weight excluding hydrogens is 434 g/mol. The van der Waals surface area contributed by atoms with Crippen LogP contribution < -0.4 is 24.2 Å². The Balaban J connectivity index is 1.87. The molecule has 2 aromatic carbocycles. The number of carbonyl (C=O) groups is 1. The number of benzene rings is 2. The zero-order chi connectivity index (χ0) is 22.6. The van der Waals surface area contributed by atoms with E-state index in [1.54, 1.807) is 25.3 Å². The van der Waals surface area contributed by atoms with Crippen molar-refractivity contribution in [3.8, 4) is 11.5 Å². The number of carbonyl (C=O) groups excluding carboxylic acids is 1. The lowest BCUT2D eigenvalue weighted by atomic mass is 9.91. The number of halogens is 1. The van der Waals surface area contributed by atoms with Gasteiger partial charge in [-0.1, -0.05) is 56.6 Å². The summed E-state index contributed by atoms with van der Waals surface area (Å²) in [5, 5.41) is 0.640. The van der Waals surface area contributed by atoms with Crippen molar-refractivity contribution < 1.29 is 14.3 Å². The summed E-state index contributed by atoms with van der Waals surface area (Å²) in [4.78, 5) is 27.2. The van der Waals surface area contributed by atoms with Gasteiger partial charge in [-0.3, -0.25) is 9.59 Å². The molecule has 1 aromatic heterocycles. The molecule has 1 N–H and O–H groups in total. The number of ether oxygens (including phenoxy) is 2. The van der Waals surface area contributed by atoms with Gasteiger partial charge in [0.15, 0.2) is 17.3 Å². The molecular formula is C24H24ClNO4S. The Morgan fingerprint density at radius 2 is 1.90 bits per heavy atom. The van der Waals surface area contributed by atoms with E-state index in [2.05, 4.69) is 4.98 Å². The van der Waals surface area contributed by atoms with Crippen molar-refractivity contribution in [3.05, 3.63) is 78.2 Å². The largest absolute Gasteiger partial charge is 0.493 e. The Kier molecular flexibility index (Phi) is 7.03. The zero-order valence-corrected chi connectivity index (χ0v) is 19.4. The first-order valence-electron chi connectivity index (χ1n) is 9.68. The summed E-state index contributed by atoms with van der Waals surface area (Å²) in [6, 6.07) is 12.9. The average molecular weight is 458 g/mol. The summed E-state index contributed by atoms with van der Waals surface area (Å²) < 4.78 is 12.4. The predicted molar refractivity (Wildman–Crippen MR) is 125 cm³/mol. The van der Waals surface area contributed by atoms with Crippen LogP contribution in [0, 0.1) is 5.41 Å². The summed E-state index contributed by atoms with van der Waals surface area (Å²) in [7, 11) is 1.56. The van der Waals surface area contributed by atoms with Crippen molar-refractivity contribution in [2.75, 3.05) is 7.11 Å². The highest BCUT2D eigenvalue weighted by molar-refractivity contribution is 7.07. The monoisotopic (exact) mass is 457 g/mol. The third-order valence-corrected chi connectivity index (χ3v) is 5.84. The number of hydrogen-bond acceptors (Lipinski definition) is 5. The van der Waals surface area contributed by atoms with Gasteiger partial charge in [0.1, 0.15) is 6.61 Å². The van der Waals surface area contributed by atoms with E-state index in [1.165, 1.54) is 17.4 Å². The first-order chi connectivity index (χ1) is 14.7. The van der Waals surface area contributed by atoms with E-state index < -0.39 is 5.41 Å². The van der Waals surface area contributed by atoms with Crippen molar-refractivity contribution >= 4 is 40.9 Å². The Morgan fingerprint density at radius 1 is 1.16 bits per heavy atom. The van der Waals surface area contributed by atoms with Gasteiger partial charge < -0.3 is 14.5 Å². The van der Waals surface area contributed by atoms with Gasteiger partial charge in [0.05, 0.1) is 16.3 Å². The van der Waals surface area contributed by atoms with Gasteiger partial charge in [-0.2, -0.15) is 0 Å². The molecule has 0 aliphatic rings. The van der Waals surface area contributed by atoms with E-state index in [-0.39, 0.29) is 11.3 Å². The first kappa shape index (κ1) is 22.8. The van der Waals surface area contributed by atoms with Crippen molar-refractivity contribution in [2.24, 2.45) is 5.41 Å². The van der Waals surface area contributed by atoms with Gasteiger partial charge in [-0.25, -0.2) is 0 Å². The van der Waals surface area contributed by atoms with E-state index in [4.69, 9.17) is 21.1 Å². The first-order valence-corrected chi connectivity index (χ1v) is 10.9. The maximum absolute atomic E-state index is 12.3. The zero-order valence-electron chi connectivity index (χ0n) is 17.8. The van der Waals surface area contributed by atoms with Gasteiger partial charge >= 0.3 is 0 Å². The average Bonchev–Trinajstić information content (AvgIpc) is 3.05. The third kappa shape index (κ3) is 5.87. The lowest BCUT2D eigenvalue weighted by Gasteiger charge is -2.12. The van der Waals surface area contributed by atoms with Crippen molar-refractivity contribution in [1.82, 2.24) is 4.98 Å². The summed E-state index contributed by atoms with van der Waals surface area (Å²) in [6.07, 6.45) is 3.23. The number of ketones is 1. The van der Waals surface area contributed by atoms with E-state index in [1.807, 2.05) is 51.1 Å². The van der Waals surface area contributed by atoms with Crippen LogP contribution in [0.5, 0.6) is 11.5 Å². The van der Waals surface area contributed by atoms with Crippen LogP contribution in [-0.2, 0) is 11.4 Å². The molecule has 3 aromatic rings. The summed E-state index contributed by atoms with van der Waals surface area (Å²) in [5.41, 5.74) is 0.914. The number of aromatic nitrogens is 1. The number of aromatic amines is 1. The number of Topliss-reactive ketones (excluding diaryl/α,β-unsaturated/α-hetero) is 1. The summed E-state index contributed by atoms with van der Waals surface area (Å²) in [6.45, 7) is 5.83. The topological polar surface area (TPSA) is 68.4 Å². The third-order valence-electron chi connectivity index (χ3n) is 4.51. The standard InChI is InChI=1S/C24H24ClNO4S/c1-24(2,3)21(27)13-22-26-23(28)20(31-22)12-15-9-10-18(19(11-15)29-4)30-14-16-7-5-6-8-17(16)25/h5-13H,14H2,1-4H3,(H,26,28)/b20-12-,22-13-. The minimum atomic E-state index is -0.502. The van der Waals surface area contributed by atoms with E-state index in [0.717, 1.165) is 11.1 Å². The molecule has 0 bridgehead atoms. The molecule has 0 fully saturated rings. The number of thiazole rings is 1. The second-order valence-electron chi connectivity index (χ2n) is 7.98. The van der Waals surface area contributed by atoms with Gasteiger partial charge in [0.25, 0.3) is 5.56 Å². The van der Waals surface area contributed by atoms with E-state index in [9.17, 15) is 9.59 Å². The second kappa shape index (κ2) is 9.54. The minimum Gasteiger partial charge on any atom is -0.493 e. The van der Waals surface area contributed by atoms with Crippen molar-refractivity contribution in [3.63, 3.8) is 0 Å². The van der Waals surface area contributed by atoms with Gasteiger partial charge in [0.2, 0.25) is 0 Å². The van der Waals surface area contributed by atoms with Crippen molar-refractivity contribution in [2.45, 2.75) is 27.4 Å². The Morgan fingerprint density at radius 3 is 2.58 bits per heavy atom. The number of H-pyrrole nitrogens is 1. The lowest BCUT2D eigenvalue weighted by Crippen LogP contribution is -2.22. The van der Waals surface area contributed by atoms with E-state index >= 15 is 0 Å². The fourth-order valence-electron chi connectivity index (χ4n) is 2.68. The van der Waals surface area contributed by atoms with Crippen LogP contribution in [0.25, 0.3) is 12.2 Å². The molecule has 0 atom stereocenters. The van der Waals surface area contributed by atoms with Crippen LogP contribution in [-0.4, -0.2) is 17.9 Å². The smallest absolute Gasteiger partial charge is 0.266 e. The highest BCUT2D eigenvalue weighted by Crippen LogP contribution is 2.29. The second-order valence-corrected chi connectivity index (χ2v) is 9.47. The molecule has 5 nitrogen and oxygen atoms in total. The molecule has 0 saturated heterocycles. The Hall–Kier alpha value is -2.83. The molecule has 1 heterocycles. The number of methoxy groups -OCH3 is 1. The molecule has 7 heteroatoms. The van der Waals surface area contributed by atoms with Crippen LogP contribution in [0.3, 0.4) is 0 Å². The molecule has 31 heavy (non-hydrogen) atoms. The number of nitrogens with one attached hydrogen (secondary N) is 1. The fourth-order valence-corrected chi connectivity index (χ4v) is 3.75. The Bertz CT molecular complexity index is 1270. The normalized spacial score (nSPS) is 12.8. The molecule has 0 unspecified atom stereocenters. The van der Waals surface area contributed by atoms with Crippen LogP contribution in [0.4, 0.5) is 0 Å². The van der Waals surface area contributed by atoms with Gasteiger partial charge in [0, 0.05) is 22.1 Å². The van der Waals surface area contributed by atoms with E-state index in [0.29, 0.717) is 32.3 Å². The molecule has 0 amide bonds.